The molecule has 3 aromatic carbocycles. The second-order valence-electron chi connectivity index (χ2n) is 9.73. The highest BCUT2D eigenvalue weighted by atomic mass is 31.2. The third-order valence-corrected chi connectivity index (χ3v) is 8.69. The second kappa shape index (κ2) is 14.3. The molecule has 0 saturated carbocycles. The number of nitro benzene ring substituents is 3. The quantitative estimate of drug-likeness (QED) is 0.0901. The molecule has 0 spiro atoms. The van der Waals surface area contributed by atoms with Crippen molar-refractivity contribution in [1.82, 2.24) is 0 Å². The van der Waals surface area contributed by atoms with Crippen molar-refractivity contribution in [3.8, 4) is 17.2 Å². The van der Waals surface area contributed by atoms with E-state index >= 15 is 0 Å². The topological polar surface area (TPSA) is 174 Å². The van der Waals surface area contributed by atoms with Crippen LogP contribution in [0.3, 0.4) is 0 Å². The average molecular weight is 630 g/mol. The van der Waals surface area contributed by atoms with E-state index in [-0.39, 0.29) is 34.3 Å². The Bertz CT molecular complexity index is 1450. The van der Waals surface area contributed by atoms with E-state index in [1.165, 1.54) is 36.4 Å². The first kappa shape index (κ1) is 34.0. The molecule has 0 aliphatic carbocycles. The zero-order valence-electron chi connectivity index (χ0n) is 25.6. The van der Waals surface area contributed by atoms with Crippen molar-refractivity contribution in [2.75, 3.05) is 0 Å². The van der Waals surface area contributed by atoms with Crippen LogP contribution in [-0.4, -0.2) is 14.8 Å². The van der Waals surface area contributed by atoms with Gasteiger partial charge in [0.25, 0.3) is 17.1 Å². The summed E-state index contributed by atoms with van der Waals surface area (Å²) in [6.07, 6.45) is 1.80. The average Bonchev–Trinajstić information content (AvgIpc) is 2.99. The number of phosphoric acid groups is 1. The molecule has 0 aliphatic heterocycles. The van der Waals surface area contributed by atoms with E-state index in [0.717, 1.165) is 0 Å². The van der Waals surface area contributed by atoms with Gasteiger partial charge in [0.1, 0.15) is 17.2 Å². The number of phosphoric ester groups is 1. The smallest absolute Gasteiger partial charge is 0.386 e. The molecule has 3 rings (SSSR count). The fourth-order valence-electron chi connectivity index (χ4n) is 5.51. The minimum absolute atomic E-state index is 0.0460. The molecular weight excluding hydrogens is 593 g/mol. The summed E-state index contributed by atoms with van der Waals surface area (Å²) in [6, 6.07) is 7.77. The first-order valence-electron chi connectivity index (χ1n) is 14.5. The lowest BCUT2D eigenvalue weighted by molar-refractivity contribution is -0.385. The predicted octanol–water partition coefficient (Wildman–Crippen LogP) is 8.43. The van der Waals surface area contributed by atoms with Gasteiger partial charge in [-0.05, 0) is 56.7 Å². The fourth-order valence-corrected chi connectivity index (χ4v) is 6.86. The molecule has 0 amide bonds. The van der Waals surface area contributed by atoms with Gasteiger partial charge >= 0.3 is 7.82 Å². The number of hydrogen-bond donors (Lipinski definition) is 0. The van der Waals surface area contributed by atoms with Crippen LogP contribution < -0.4 is 13.6 Å². The van der Waals surface area contributed by atoms with Crippen LogP contribution in [0.25, 0.3) is 0 Å². The summed E-state index contributed by atoms with van der Waals surface area (Å²) in [6.45, 7) is 10.6. The van der Waals surface area contributed by atoms with Crippen molar-refractivity contribution in [2.45, 2.75) is 80.1 Å². The van der Waals surface area contributed by atoms with E-state index in [1.807, 2.05) is 0 Å². The van der Waals surface area contributed by atoms with Gasteiger partial charge < -0.3 is 13.6 Å². The zero-order chi connectivity index (χ0) is 32.8. The molecule has 0 aliphatic rings. The molecule has 0 bridgehead atoms. The molecule has 0 saturated heterocycles. The third-order valence-electron chi connectivity index (χ3n) is 7.43. The Morgan fingerprint density at radius 2 is 0.705 bits per heavy atom. The van der Waals surface area contributed by atoms with Crippen LogP contribution in [0, 0.1) is 30.3 Å². The van der Waals surface area contributed by atoms with E-state index in [4.69, 9.17) is 13.6 Å². The SMILES string of the molecule is CCc1c(OP(=O)(Oc2ccc([N+](=O)[O-])c(CC)c2CC)Oc2ccc([N+](=O)[O-])c(CC)c2CC)ccc([N+](=O)[O-])c1CC. The Morgan fingerprint density at radius 1 is 0.477 bits per heavy atom. The van der Waals surface area contributed by atoms with Gasteiger partial charge in [-0.2, -0.15) is 4.57 Å². The highest BCUT2D eigenvalue weighted by molar-refractivity contribution is 7.49. The Morgan fingerprint density at radius 3 is 0.886 bits per heavy atom. The summed E-state index contributed by atoms with van der Waals surface area (Å²) in [5.41, 5.74) is 2.19. The van der Waals surface area contributed by atoms with Crippen molar-refractivity contribution in [1.29, 1.82) is 0 Å². The fraction of sp³-hybridized carbons (Fsp3) is 0.400. The maximum atomic E-state index is 14.7. The molecule has 0 radical (unpaired) electrons. The van der Waals surface area contributed by atoms with Crippen LogP contribution >= 0.6 is 7.82 Å². The summed E-state index contributed by atoms with van der Waals surface area (Å²) in [7, 11) is -4.72. The van der Waals surface area contributed by atoms with Crippen LogP contribution in [0.4, 0.5) is 17.1 Å². The first-order chi connectivity index (χ1) is 20.9. The molecule has 0 N–H and O–H groups in total. The molecule has 0 aromatic heterocycles. The highest BCUT2D eigenvalue weighted by Gasteiger charge is 2.38. The molecule has 3 aromatic rings. The highest BCUT2D eigenvalue weighted by Crippen LogP contribution is 2.53. The number of nitro groups is 3. The van der Waals surface area contributed by atoms with E-state index in [2.05, 4.69) is 0 Å². The molecule has 14 heteroatoms. The second-order valence-corrected chi connectivity index (χ2v) is 11.2. The molecule has 0 unspecified atom stereocenters. The minimum Gasteiger partial charge on any atom is -0.386 e. The van der Waals surface area contributed by atoms with Crippen molar-refractivity contribution in [3.63, 3.8) is 0 Å². The van der Waals surface area contributed by atoms with Gasteiger partial charge in [-0.25, -0.2) is 0 Å². The van der Waals surface area contributed by atoms with Crippen LogP contribution in [0.15, 0.2) is 36.4 Å². The van der Waals surface area contributed by atoms with Gasteiger partial charge in [0.15, 0.2) is 0 Å². The largest absolute Gasteiger partial charge is 0.647 e. The number of benzene rings is 3. The number of hydrogen-bond acceptors (Lipinski definition) is 10. The molecular formula is C30H36N3O10P. The van der Waals surface area contributed by atoms with Crippen LogP contribution in [0.2, 0.25) is 0 Å². The van der Waals surface area contributed by atoms with Crippen LogP contribution in [0.5, 0.6) is 17.2 Å². The number of nitrogens with zero attached hydrogens (tertiary/aromatic N) is 3. The van der Waals surface area contributed by atoms with E-state index in [9.17, 15) is 34.9 Å². The predicted molar refractivity (Wildman–Crippen MR) is 165 cm³/mol. The van der Waals surface area contributed by atoms with E-state index < -0.39 is 22.6 Å². The third kappa shape index (κ3) is 6.83. The molecule has 0 atom stereocenters. The molecule has 0 heterocycles. The van der Waals surface area contributed by atoms with Crippen molar-refractivity contribution in [3.05, 3.63) is 100 Å². The van der Waals surface area contributed by atoms with Gasteiger partial charge in [-0.15, -0.1) is 0 Å². The van der Waals surface area contributed by atoms with Gasteiger partial charge in [0.2, 0.25) is 0 Å². The maximum Gasteiger partial charge on any atom is 0.647 e. The lowest BCUT2D eigenvalue weighted by Crippen LogP contribution is -2.13. The maximum absolute atomic E-state index is 14.7. The van der Waals surface area contributed by atoms with Crippen molar-refractivity contribution >= 4 is 24.9 Å². The van der Waals surface area contributed by atoms with Crippen LogP contribution in [0.1, 0.15) is 74.9 Å². The Hall–Kier alpha value is -4.51. The summed E-state index contributed by atoms with van der Waals surface area (Å²) < 4.78 is 32.8. The normalized spacial score (nSPS) is 11.2. The van der Waals surface area contributed by atoms with Gasteiger partial charge in [0.05, 0.1) is 14.8 Å². The molecule has 44 heavy (non-hydrogen) atoms. The Labute approximate surface area is 255 Å². The standard InChI is InChI=1S/C30H36N3O10P/c1-7-19-22(10-4)28(16-13-25(19)31(34)35)41-44(40,42-29-17-14-26(32(36)37)20(8-2)23(29)11-5)43-30-18-15-27(33(38)39)21(9-3)24(30)12-6/h13-18H,7-12H2,1-6H3. The van der Waals surface area contributed by atoms with E-state index in [0.29, 0.717) is 71.9 Å². The Balaban J connectivity index is 2.28. The first-order valence-corrected chi connectivity index (χ1v) is 15.9. The van der Waals surface area contributed by atoms with E-state index in [1.54, 1.807) is 41.5 Å². The molecule has 13 nitrogen and oxygen atoms in total. The summed E-state index contributed by atoms with van der Waals surface area (Å²) in [5, 5.41) is 35.1. The Kier molecular flexibility index (Phi) is 11.1. The minimum atomic E-state index is -4.72. The molecule has 0 fully saturated rings. The summed E-state index contributed by atoms with van der Waals surface area (Å²) in [5.74, 6) is 0.138. The zero-order valence-corrected chi connectivity index (χ0v) is 26.5. The van der Waals surface area contributed by atoms with Crippen molar-refractivity contribution in [2.24, 2.45) is 0 Å². The van der Waals surface area contributed by atoms with Gasteiger partial charge in [-0.1, -0.05) is 41.5 Å². The summed E-state index contributed by atoms with van der Waals surface area (Å²) >= 11 is 0. The lowest BCUT2D eigenvalue weighted by Gasteiger charge is -2.24. The number of rotatable bonds is 15. The van der Waals surface area contributed by atoms with Crippen molar-refractivity contribution < 1.29 is 32.9 Å². The van der Waals surface area contributed by atoms with Gasteiger partial charge in [0, 0.05) is 51.6 Å². The lowest BCUT2D eigenvalue weighted by atomic mass is 10.00. The molecule has 236 valence electrons. The van der Waals surface area contributed by atoms with Gasteiger partial charge in [-0.3, -0.25) is 30.3 Å². The summed E-state index contributed by atoms with van der Waals surface area (Å²) in [4.78, 5) is 33.6. The van der Waals surface area contributed by atoms with Crippen LogP contribution in [-0.2, 0) is 43.1 Å². The monoisotopic (exact) mass is 629 g/mol.